The van der Waals surface area contributed by atoms with Gasteiger partial charge in [0.2, 0.25) is 0 Å². The van der Waals surface area contributed by atoms with E-state index < -0.39 is 0 Å². The van der Waals surface area contributed by atoms with E-state index in [1.165, 1.54) is 197 Å². The van der Waals surface area contributed by atoms with Crippen molar-refractivity contribution in [2.45, 2.75) is 0 Å². The maximum atomic E-state index is 5.46. The normalized spacial score (nSPS) is 11.6. The van der Waals surface area contributed by atoms with Crippen LogP contribution in [-0.2, 0) is 0 Å². The molecule has 0 aliphatic carbocycles. The lowest BCUT2D eigenvalue weighted by Gasteiger charge is -2.19. The zero-order valence-corrected chi connectivity index (χ0v) is 72.1. The predicted molar refractivity (Wildman–Crippen MR) is 562 cm³/mol. The molecule has 0 atom stereocenters. The summed E-state index contributed by atoms with van der Waals surface area (Å²) in [4.78, 5) is 16.4. The number of fused-ring (bicyclic) bond motifs is 12. The lowest BCUT2D eigenvalue weighted by Crippen LogP contribution is -2.02. The zero-order valence-electron chi connectivity index (χ0n) is 72.1. The van der Waals surface area contributed by atoms with Gasteiger partial charge < -0.3 is 0 Å². The number of hydrogen-bond donors (Lipinski definition) is 0. The first-order valence-corrected chi connectivity index (χ1v) is 45.4. The molecule has 0 aliphatic heterocycles. The van der Waals surface area contributed by atoms with E-state index in [0.29, 0.717) is 17.5 Å². The van der Waals surface area contributed by atoms with E-state index in [1.807, 2.05) is 0 Å². The minimum Gasteiger partial charge on any atom is -0.208 e. The maximum absolute atomic E-state index is 5.46. The van der Waals surface area contributed by atoms with Crippen LogP contribution < -0.4 is 0 Å². The summed E-state index contributed by atoms with van der Waals surface area (Å²) in [6.45, 7) is 0. The van der Waals surface area contributed by atoms with E-state index in [9.17, 15) is 0 Å². The molecule has 0 fully saturated rings. The van der Waals surface area contributed by atoms with Crippen molar-refractivity contribution < 1.29 is 0 Å². The molecule has 0 aliphatic rings. The van der Waals surface area contributed by atoms with E-state index in [1.54, 1.807) is 0 Å². The molecule has 0 bridgehead atoms. The van der Waals surface area contributed by atoms with Gasteiger partial charge in [-0.2, -0.15) is 0 Å². The molecular weight excluding hydrogens is 1590 g/mol. The van der Waals surface area contributed by atoms with Gasteiger partial charge in [0.15, 0.2) is 17.5 Å². The van der Waals surface area contributed by atoms with Crippen LogP contribution >= 0.6 is 0 Å². The highest BCUT2D eigenvalue weighted by Gasteiger charge is 2.25. The summed E-state index contributed by atoms with van der Waals surface area (Å²) in [7, 11) is 0. The number of rotatable bonds is 12. The lowest BCUT2D eigenvalue weighted by atomic mass is 9.85. The van der Waals surface area contributed by atoms with Crippen molar-refractivity contribution in [3.63, 3.8) is 0 Å². The average Bonchev–Trinajstić information content (AvgIpc) is 0.737. The molecule has 0 saturated carbocycles. The standard InChI is InChI=1S/C66H42.C63H39N3/c1-4-22-49-43(16-1)19-13-31-58(49)64-37-34-52(55-25-7-10-28-61(55)64)46-40-47(53-35-38-65(62-29-11-8-26-56(53)62)59-32-14-20-44-17-2-5-23-50(44)59)42-48(41-46)54-36-39-66(63-30-12-9-27-57(54)63)60-33-15-21-45-18-3-6-24-51(45)60;1-4-22-43-40(16-1)19-13-31-46(43)55-34-37-58(52-28-10-7-25-49(52)55)61-64-62(59-38-35-56(50-26-8-11-29-53(50)59)47-32-14-20-41-17-2-5-23-44(41)47)66-63(65-61)60-39-36-57(51-27-9-12-30-54(51)60)48-33-15-21-42-18-3-6-24-45(42)48/h1-42H;1-39H. The Kier molecular flexibility index (Phi) is 19.0. The Labute approximate surface area is 764 Å². The lowest BCUT2D eigenvalue weighted by molar-refractivity contribution is 1.08. The van der Waals surface area contributed by atoms with E-state index >= 15 is 0 Å². The molecule has 3 nitrogen and oxygen atoms in total. The Morgan fingerprint density at radius 2 is 0.212 bits per heavy atom. The second-order valence-electron chi connectivity index (χ2n) is 34.5. The Hall–Kier alpha value is -17.4. The highest BCUT2D eigenvalue weighted by Crippen LogP contribution is 2.49. The fourth-order valence-electron chi connectivity index (χ4n) is 21.1. The second kappa shape index (κ2) is 32.5. The molecule has 26 rings (SSSR count). The van der Waals surface area contributed by atoms with Crippen molar-refractivity contribution in [2.75, 3.05) is 0 Å². The van der Waals surface area contributed by atoms with Gasteiger partial charge in [-0.3, -0.25) is 0 Å². The highest BCUT2D eigenvalue weighted by molar-refractivity contribution is 6.18. The van der Waals surface area contributed by atoms with Crippen molar-refractivity contribution in [2.24, 2.45) is 0 Å². The molecule has 0 unspecified atom stereocenters. The van der Waals surface area contributed by atoms with Crippen molar-refractivity contribution >= 4 is 129 Å². The van der Waals surface area contributed by atoms with Gasteiger partial charge in [0, 0.05) is 16.7 Å². The molecule has 0 saturated heterocycles. The van der Waals surface area contributed by atoms with Crippen molar-refractivity contribution in [3.8, 4) is 134 Å². The predicted octanol–water partition coefficient (Wildman–Crippen LogP) is 35.4. The molecule has 132 heavy (non-hydrogen) atoms. The van der Waals surface area contributed by atoms with Gasteiger partial charge in [-0.05, 0) is 266 Å². The molecule has 1 aromatic heterocycles. The van der Waals surface area contributed by atoms with Crippen LogP contribution in [0.15, 0.2) is 491 Å². The Morgan fingerprint density at radius 1 is 0.0909 bits per heavy atom. The number of nitrogens with zero attached hydrogens (tertiary/aromatic N) is 3. The topological polar surface area (TPSA) is 38.7 Å². The first-order valence-electron chi connectivity index (χ1n) is 45.4. The molecule has 0 spiro atoms. The first kappa shape index (κ1) is 77.0. The number of hydrogen-bond acceptors (Lipinski definition) is 3. The van der Waals surface area contributed by atoms with Crippen LogP contribution in [0.4, 0.5) is 0 Å². The molecule has 1 heterocycles. The largest absolute Gasteiger partial charge is 0.208 e. The summed E-state index contributed by atoms with van der Waals surface area (Å²) < 4.78 is 0. The van der Waals surface area contributed by atoms with Gasteiger partial charge in [-0.1, -0.05) is 455 Å². The number of aromatic nitrogens is 3. The quantitative estimate of drug-likeness (QED) is 0.122. The molecule has 0 amide bonds. The summed E-state index contributed by atoms with van der Waals surface area (Å²) in [6, 6.07) is 179. The van der Waals surface area contributed by atoms with Crippen molar-refractivity contribution in [3.05, 3.63) is 491 Å². The summed E-state index contributed by atoms with van der Waals surface area (Å²) >= 11 is 0. The molecular formula is C129H81N3. The smallest absolute Gasteiger partial charge is 0.164 e. The third-order valence-electron chi connectivity index (χ3n) is 27.2. The van der Waals surface area contributed by atoms with Crippen LogP contribution in [0.25, 0.3) is 264 Å². The van der Waals surface area contributed by atoms with Crippen LogP contribution in [0.5, 0.6) is 0 Å². The monoisotopic (exact) mass is 1670 g/mol. The van der Waals surface area contributed by atoms with E-state index in [2.05, 4.69) is 491 Å². The van der Waals surface area contributed by atoms with Gasteiger partial charge in [-0.25, -0.2) is 15.0 Å². The molecule has 25 aromatic carbocycles. The summed E-state index contributed by atoms with van der Waals surface area (Å²) in [5.74, 6) is 1.88. The van der Waals surface area contributed by atoms with E-state index in [0.717, 1.165) is 49.0 Å². The van der Waals surface area contributed by atoms with Gasteiger partial charge in [-0.15, -0.1) is 0 Å². The van der Waals surface area contributed by atoms with Crippen molar-refractivity contribution in [1.29, 1.82) is 0 Å². The summed E-state index contributed by atoms with van der Waals surface area (Å²) in [6.07, 6.45) is 0. The summed E-state index contributed by atoms with van der Waals surface area (Å²) in [5, 5.41) is 29.0. The minimum absolute atomic E-state index is 0.625. The van der Waals surface area contributed by atoms with Crippen LogP contribution in [0, 0.1) is 0 Å². The van der Waals surface area contributed by atoms with Gasteiger partial charge in [0.25, 0.3) is 0 Å². The molecule has 26 aromatic rings. The third kappa shape index (κ3) is 13.3. The van der Waals surface area contributed by atoms with Crippen molar-refractivity contribution in [1.82, 2.24) is 15.0 Å². The second-order valence-corrected chi connectivity index (χ2v) is 34.5. The molecule has 0 N–H and O–H groups in total. The molecule has 3 heteroatoms. The summed E-state index contributed by atoms with van der Waals surface area (Å²) in [5.41, 5.74) is 24.6. The minimum atomic E-state index is 0.625. The molecule has 612 valence electrons. The maximum Gasteiger partial charge on any atom is 0.164 e. The van der Waals surface area contributed by atoms with E-state index in [-0.39, 0.29) is 0 Å². The Bertz CT molecular complexity index is 7770. The first-order chi connectivity index (χ1) is 65.5. The fourth-order valence-corrected chi connectivity index (χ4v) is 21.1. The SMILES string of the molecule is c1ccc2c(-c3ccc(-c4cc(-c5ccc(-c6cccc7ccccc67)c6ccccc56)cc(-c5ccc(-c6cccc7ccccc67)c6ccccc56)c4)c4ccccc34)cccc2c1.c1ccc2c(-c3ccc(-c4nc(-c5ccc(-c6cccc7ccccc67)c6ccccc56)nc(-c5ccc(-c6cccc7ccccc67)c6ccccc56)n4)c4ccccc34)cccc2c1. The van der Waals surface area contributed by atoms with E-state index in [4.69, 9.17) is 15.0 Å². The average molecular weight is 1670 g/mol. The van der Waals surface area contributed by atoms with Crippen LogP contribution in [0.2, 0.25) is 0 Å². The van der Waals surface area contributed by atoms with Gasteiger partial charge in [0.05, 0.1) is 0 Å². The molecule has 0 radical (unpaired) electrons. The van der Waals surface area contributed by atoms with Gasteiger partial charge in [0.1, 0.15) is 0 Å². The highest BCUT2D eigenvalue weighted by atomic mass is 15.0. The Morgan fingerprint density at radius 3 is 0.394 bits per heavy atom. The van der Waals surface area contributed by atoms with Gasteiger partial charge >= 0.3 is 0 Å². The third-order valence-corrected chi connectivity index (χ3v) is 27.2. The fraction of sp³-hybridized carbons (Fsp3) is 0. The van der Waals surface area contributed by atoms with Crippen LogP contribution in [0.3, 0.4) is 0 Å². The number of benzene rings is 25. The Balaban J connectivity index is 0.000000142. The zero-order chi connectivity index (χ0) is 87.1. The van der Waals surface area contributed by atoms with Crippen LogP contribution in [0.1, 0.15) is 0 Å². The van der Waals surface area contributed by atoms with Crippen LogP contribution in [-0.4, -0.2) is 15.0 Å².